The summed E-state index contributed by atoms with van der Waals surface area (Å²) in [4.78, 5) is 10.7. The number of benzene rings is 3. The molecular weight excluding hydrogens is 421 g/mol. The molecule has 0 aliphatic rings. The van der Waals surface area contributed by atoms with Crippen LogP contribution < -0.4 is 4.74 Å². The predicted octanol–water partition coefficient (Wildman–Crippen LogP) is 6.19. The Morgan fingerprint density at radius 3 is 2.45 bits per heavy atom. The van der Waals surface area contributed by atoms with E-state index < -0.39 is 18.4 Å². The van der Waals surface area contributed by atoms with Gasteiger partial charge in [0.05, 0.1) is 5.02 Å². The Balaban J connectivity index is 1.83. The van der Waals surface area contributed by atoms with Crippen molar-refractivity contribution < 1.29 is 23.4 Å². The highest BCUT2D eigenvalue weighted by molar-refractivity contribution is 6.37. The summed E-state index contributed by atoms with van der Waals surface area (Å²) in [6, 6.07) is 13.7. The van der Waals surface area contributed by atoms with Crippen LogP contribution in [0.3, 0.4) is 0 Å². The van der Waals surface area contributed by atoms with E-state index in [1.165, 1.54) is 24.3 Å². The quantitative estimate of drug-likeness (QED) is 0.480. The number of carboxylic acids is 1. The third-order valence-electron chi connectivity index (χ3n) is 4.35. The van der Waals surface area contributed by atoms with Crippen molar-refractivity contribution in [1.29, 1.82) is 0 Å². The number of carboxylic acid groups (broad SMARTS) is 1. The van der Waals surface area contributed by atoms with Gasteiger partial charge in [-0.15, -0.1) is 0 Å². The maximum Gasteiger partial charge on any atom is 0.341 e. The number of aryl methyl sites for hydroxylation is 1. The lowest BCUT2D eigenvalue weighted by Gasteiger charge is -2.13. The van der Waals surface area contributed by atoms with Crippen molar-refractivity contribution in [2.75, 3.05) is 6.61 Å². The van der Waals surface area contributed by atoms with Crippen LogP contribution in [-0.4, -0.2) is 17.7 Å². The van der Waals surface area contributed by atoms with Crippen molar-refractivity contribution in [2.45, 2.75) is 12.8 Å². The molecule has 3 rings (SSSR count). The molecule has 0 radical (unpaired) electrons. The highest BCUT2D eigenvalue weighted by atomic mass is 35.5. The van der Waals surface area contributed by atoms with E-state index in [0.717, 1.165) is 0 Å². The molecule has 3 nitrogen and oxygen atoms in total. The van der Waals surface area contributed by atoms with E-state index in [-0.39, 0.29) is 23.0 Å². The molecule has 3 aromatic carbocycles. The van der Waals surface area contributed by atoms with Crippen molar-refractivity contribution in [2.24, 2.45) is 0 Å². The molecule has 0 unspecified atom stereocenters. The molecule has 0 fully saturated rings. The van der Waals surface area contributed by atoms with Gasteiger partial charge in [0.25, 0.3) is 0 Å². The molecule has 150 valence electrons. The fourth-order valence-electron chi connectivity index (χ4n) is 2.93. The monoisotopic (exact) mass is 436 g/mol. The largest absolute Gasteiger partial charge is 0.480 e. The highest BCUT2D eigenvalue weighted by Crippen LogP contribution is 2.35. The van der Waals surface area contributed by atoms with Crippen molar-refractivity contribution >= 4 is 29.2 Å². The molecular formula is C22H16Cl2F2O3. The lowest BCUT2D eigenvalue weighted by Crippen LogP contribution is -2.10. The van der Waals surface area contributed by atoms with Gasteiger partial charge >= 0.3 is 5.97 Å². The zero-order chi connectivity index (χ0) is 21.0. The van der Waals surface area contributed by atoms with Crippen molar-refractivity contribution in [3.8, 4) is 16.9 Å². The second-order valence-electron chi connectivity index (χ2n) is 6.34. The summed E-state index contributed by atoms with van der Waals surface area (Å²) in [7, 11) is 0. The third kappa shape index (κ3) is 5.25. The average Bonchev–Trinajstić information content (AvgIpc) is 2.68. The third-order valence-corrected chi connectivity index (χ3v) is 5.12. The van der Waals surface area contributed by atoms with Crippen molar-refractivity contribution in [3.63, 3.8) is 0 Å². The number of halogens is 4. The van der Waals surface area contributed by atoms with Gasteiger partial charge in [0, 0.05) is 5.02 Å². The normalized spacial score (nSPS) is 10.8. The molecule has 0 spiro atoms. The molecule has 29 heavy (non-hydrogen) atoms. The van der Waals surface area contributed by atoms with Gasteiger partial charge in [0.1, 0.15) is 17.4 Å². The van der Waals surface area contributed by atoms with Crippen LogP contribution in [0.15, 0.2) is 54.6 Å². The molecule has 0 amide bonds. The summed E-state index contributed by atoms with van der Waals surface area (Å²) in [5.74, 6) is -1.70. The standard InChI is InChI=1S/C22H16Cl2F2O3/c23-18-7-9-20(29-12-21(27)28)22(24)17(18)6-4-15-10-14(5-8-19(15)26)13-2-1-3-16(25)11-13/h1-3,5,7-11H,4,6,12H2,(H,27,28). The predicted molar refractivity (Wildman–Crippen MR) is 109 cm³/mol. The van der Waals surface area contributed by atoms with Gasteiger partial charge in [-0.3, -0.25) is 0 Å². The van der Waals surface area contributed by atoms with E-state index >= 15 is 0 Å². The SMILES string of the molecule is O=C(O)COc1ccc(Cl)c(CCc2cc(-c3cccc(F)c3)ccc2F)c1Cl. The Morgan fingerprint density at radius 1 is 0.966 bits per heavy atom. The van der Waals surface area contributed by atoms with Crippen LogP contribution in [-0.2, 0) is 17.6 Å². The Morgan fingerprint density at radius 2 is 1.72 bits per heavy atom. The Hall–Kier alpha value is -2.63. The van der Waals surface area contributed by atoms with Crippen LogP contribution in [0.5, 0.6) is 5.75 Å². The van der Waals surface area contributed by atoms with E-state index in [4.69, 9.17) is 33.0 Å². The van der Waals surface area contributed by atoms with Crippen molar-refractivity contribution in [1.82, 2.24) is 0 Å². The summed E-state index contributed by atoms with van der Waals surface area (Å²) in [5.41, 5.74) is 2.30. The van der Waals surface area contributed by atoms with Gasteiger partial charge in [-0.25, -0.2) is 13.6 Å². The van der Waals surface area contributed by atoms with Crippen LogP contribution in [0.2, 0.25) is 10.0 Å². The lowest BCUT2D eigenvalue weighted by molar-refractivity contribution is -0.139. The number of carbonyl (C=O) groups is 1. The molecule has 0 aliphatic heterocycles. The van der Waals surface area contributed by atoms with E-state index in [0.29, 0.717) is 33.7 Å². The van der Waals surface area contributed by atoms with Crippen LogP contribution in [0.25, 0.3) is 11.1 Å². The number of ether oxygens (including phenoxy) is 1. The fraction of sp³-hybridized carbons (Fsp3) is 0.136. The minimum absolute atomic E-state index is 0.195. The highest BCUT2D eigenvalue weighted by Gasteiger charge is 2.14. The number of aliphatic carboxylic acids is 1. The first kappa shape index (κ1) is 21.1. The molecule has 0 atom stereocenters. The first-order chi connectivity index (χ1) is 13.8. The van der Waals surface area contributed by atoms with Gasteiger partial charge < -0.3 is 9.84 Å². The molecule has 0 bridgehead atoms. The minimum Gasteiger partial charge on any atom is -0.480 e. The first-order valence-electron chi connectivity index (χ1n) is 8.71. The number of hydrogen-bond acceptors (Lipinski definition) is 2. The Labute approximate surface area is 176 Å². The van der Waals surface area contributed by atoms with Gasteiger partial charge in [0.2, 0.25) is 0 Å². The number of hydrogen-bond donors (Lipinski definition) is 1. The van der Waals surface area contributed by atoms with E-state index in [9.17, 15) is 13.6 Å². The van der Waals surface area contributed by atoms with Crippen molar-refractivity contribution in [3.05, 3.63) is 87.4 Å². The summed E-state index contributed by atoms with van der Waals surface area (Å²) < 4.78 is 33.0. The maximum absolute atomic E-state index is 14.3. The molecule has 0 heterocycles. The zero-order valence-electron chi connectivity index (χ0n) is 15.1. The summed E-state index contributed by atoms with van der Waals surface area (Å²) in [5, 5.41) is 9.32. The molecule has 0 aromatic heterocycles. The van der Waals surface area contributed by atoms with Gasteiger partial charge in [-0.05, 0) is 71.5 Å². The summed E-state index contributed by atoms with van der Waals surface area (Å²) in [6.45, 7) is -0.537. The zero-order valence-corrected chi connectivity index (χ0v) is 16.6. The Bertz CT molecular complexity index is 1050. The van der Waals surface area contributed by atoms with Crippen LogP contribution in [0, 0.1) is 11.6 Å². The fourth-order valence-corrected chi connectivity index (χ4v) is 3.54. The second-order valence-corrected chi connectivity index (χ2v) is 7.12. The van der Waals surface area contributed by atoms with E-state index in [1.807, 2.05) is 0 Å². The summed E-state index contributed by atoms with van der Waals surface area (Å²) >= 11 is 12.5. The van der Waals surface area contributed by atoms with E-state index in [1.54, 1.807) is 30.3 Å². The number of rotatable bonds is 7. The Kier molecular flexibility index (Phi) is 6.72. The summed E-state index contributed by atoms with van der Waals surface area (Å²) in [6.07, 6.45) is 0.599. The van der Waals surface area contributed by atoms with Gasteiger partial charge in [-0.2, -0.15) is 0 Å². The molecule has 0 saturated carbocycles. The molecule has 3 aromatic rings. The van der Waals surface area contributed by atoms with Crippen LogP contribution in [0.4, 0.5) is 8.78 Å². The van der Waals surface area contributed by atoms with Crippen LogP contribution >= 0.6 is 23.2 Å². The topological polar surface area (TPSA) is 46.5 Å². The maximum atomic E-state index is 14.3. The van der Waals surface area contributed by atoms with Gasteiger partial charge in [-0.1, -0.05) is 41.4 Å². The van der Waals surface area contributed by atoms with E-state index in [2.05, 4.69) is 0 Å². The second kappa shape index (κ2) is 9.25. The molecule has 1 N–H and O–H groups in total. The average molecular weight is 437 g/mol. The molecule has 0 saturated heterocycles. The smallest absolute Gasteiger partial charge is 0.341 e. The van der Waals surface area contributed by atoms with Gasteiger partial charge in [0.15, 0.2) is 6.61 Å². The lowest BCUT2D eigenvalue weighted by atomic mass is 9.98. The molecule has 0 aliphatic carbocycles. The minimum atomic E-state index is -1.13. The van der Waals surface area contributed by atoms with Crippen LogP contribution in [0.1, 0.15) is 11.1 Å². The molecule has 7 heteroatoms. The first-order valence-corrected chi connectivity index (χ1v) is 9.46.